The summed E-state index contributed by atoms with van der Waals surface area (Å²) in [5, 5.41) is 0. The first-order valence-electron chi connectivity index (χ1n) is 14.7. The maximum absolute atomic E-state index is 6.29. The van der Waals surface area contributed by atoms with Crippen LogP contribution in [0.1, 0.15) is 155 Å². The van der Waals surface area contributed by atoms with Crippen molar-refractivity contribution in [3.05, 3.63) is 0 Å². The molecule has 0 fully saturated rings. The second kappa shape index (κ2) is 28.9. The number of nitrogens with two attached hydrogens (primary N) is 1. The zero-order chi connectivity index (χ0) is 23.4. The Balaban J connectivity index is 3.73. The molecule has 0 bridgehead atoms. The monoisotopic (exact) mass is 455 g/mol. The van der Waals surface area contributed by atoms with Gasteiger partial charge >= 0.3 is 0 Å². The molecule has 32 heavy (non-hydrogen) atoms. The summed E-state index contributed by atoms with van der Waals surface area (Å²) in [5.41, 5.74) is 5.56. The van der Waals surface area contributed by atoms with Gasteiger partial charge in [-0.15, -0.1) is 0 Å². The summed E-state index contributed by atoms with van der Waals surface area (Å²) in [6.07, 6.45) is 29.9. The maximum atomic E-state index is 6.29. The summed E-state index contributed by atoms with van der Waals surface area (Å²) in [6, 6.07) is 0. The van der Waals surface area contributed by atoms with Crippen LogP contribution in [0, 0.1) is 0 Å². The fourth-order valence-corrected chi connectivity index (χ4v) is 4.34. The van der Waals surface area contributed by atoms with Crippen LogP contribution < -0.4 is 5.73 Å². The van der Waals surface area contributed by atoms with E-state index in [2.05, 4.69) is 13.8 Å². The Morgan fingerprint density at radius 2 is 0.938 bits per heavy atom. The van der Waals surface area contributed by atoms with E-state index in [4.69, 9.17) is 15.2 Å². The minimum absolute atomic E-state index is 0.385. The smallest absolute Gasteiger partial charge is 0.0597 e. The molecule has 0 saturated carbocycles. The Hall–Kier alpha value is -0.120. The van der Waals surface area contributed by atoms with Gasteiger partial charge in [0.05, 0.1) is 6.10 Å². The Morgan fingerprint density at radius 1 is 0.469 bits per heavy atom. The van der Waals surface area contributed by atoms with Crippen molar-refractivity contribution >= 4 is 0 Å². The van der Waals surface area contributed by atoms with Crippen molar-refractivity contribution < 1.29 is 9.47 Å². The molecule has 1 unspecified atom stereocenters. The van der Waals surface area contributed by atoms with E-state index in [9.17, 15) is 0 Å². The van der Waals surface area contributed by atoms with E-state index in [1.807, 2.05) is 0 Å². The minimum atomic E-state index is 0.385. The predicted octanol–water partition coefficient (Wildman–Crippen LogP) is 8.97. The second-order valence-electron chi connectivity index (χ2n) is 9.84. The highest BCUT2D eigenvalue weighted by molar-refractivity contribution is 4.60. The van der Waals surface area contributed by atoms with Crippen LogP contribution in [-0.2, 0) is 9.47 Å². The van der Waals surface area contributed by atoms with Gasteiger partial charge in [-0.3, -0.25) is 0 Å². The normalized spacial score (nSPS) is 12.5. The SMILES string of the molecule is CCCCCCCCCCCCOC(CCCCCCCCCCC)CCOCCCN. The quantitative estimate of drug-likeness (QED) is 0.120. The van der Waals surface area contributed by atoms with Gasteiger partial charge in [-0.05, 0) is 32.2 Å². The molecule has 0 aromatic carbocycles. The topological polar surface area (TPSA) is 44.5 Å². The van der Waals surface area contributed by atoms with Crippen LogP contribution in [-0.4, -0.2) is 32.5 Å². The third-order valence-electron chi connectivity index (χ3n) is 6.56. The van der Waals surface area contributed by atoms with Gasteiger partial charge in [0, 0.05) is 19.8 Å². The zero-order valence-electron chi connectivity index (χ0n) is 22.4. The molecule has 0 aromatic heterocycles. The lowest BCUT2D eigenvalue weighted by Crippen LogP contribution is -2.17. The Morgan fingerprint density at radius 3 is 1.44 bits per heavy atom. The van der Waals surface area contributed by atoms with Crippen LogP contribution in [0.2, 0.25) is 0 Å². The number of unbranched alkanes of at least 4 members (excludes halogenated alkanes) is 17. The number of rotatable bonds is 28. The van der Waals surface area contributed by atoms with Crippen molar-refractivity contribution in [2.75, 3.05) is 26.4 Å². The van der Waals surface area contributed by atoms with Crippen LogP contribution in [0.5, 0.6) is 0 Å². The van der Waals surface area contributed by atoms with Gasteiger partial charge in [-0.25, -0.2) is 0 Å². The molecule has 0 heterocycles. The molecule has 0 saturated heterocycles. The van der Waals surface area contributed by atoms with Gasteiger partial charge in [-0.1, -0.05) is 129 Å². The first kappa shape index (κ1) is 31.9. The third-order valence-corrected chi connectivity index (χ3v) is 6.56. The van der Waals surface area contributed by atoms with Crippen molar-refractivity contribution in [1.82, 2.24) is 0 Å². The molecule has 0 aliphatic carbocycles. The molecule has 0 amide bonds. The van der Waals surface area contributed by atoms with E-state index < -0.39 is 0 Å². The number of hydrogen-bond acceptors (Lipinski definition) is 3. The Kier molecular flexibility index (Phi) is 28.8. The highest BCUT2D eigenvalue weighted by Gasteiger charge is 2.09. The summed E-state index contributed by atoms with van der Waals surface area (Å²) < 4.78 is 12.0. The lowest BCUT2D eigenvalue weighted by Gasteiger charge is -2.18. The van der Waals surface area contributed by atoms with Gasteiger partial charge in [-0.2, -0.15) is 0 Å². The molecule has 0 aliphatic rings. The highest BCUT2D eigenvalue weighted by atomic mass is 16.5. The molecule has 0 aliphatic heterocycles. The van der Waals surface area contributed by atoms with E-state index in [-0.39, 0.29) is 0 Å². The predicted molar refractivity (Wildman–Crippen MR) is 143 cm³/mol. The van der Waals surface area contributed by atoms with Crippen molar-refractivity contribution in [1.29, 1.82) is 0 Å². The van der Waals surface area contributed by atoms with Gasteiger partial charge in [0.25, 0.3) is 0 Å². The molecule has 0 radical (unpaired) electrons. The van der Waals surface area contributed by atoms with Crippen molar-refractivity contribution in [2.45, 2.75) is 161 Å². The van der Waals surface area contributed by atoms with E-state index in [0.717, 1.165) is 39.2 Å². The Bertz CT molecular complexity index is 324. The molecule has 1 atom stereocenters. The summed E-state index contributed by atoms with van der Waals surface area (Å²) in [5.74, 6) is 0. The zero-order valence-corrected chi connectivity index (χ0v) is 22.4. The molecule has 3 heteroatoms. The maximum Gasteiger partial charge on any atom is 0.0597 e. The van der Waals surface area contributed by atoms with Crippen LogP contribution in [0.15, 0.2) is 0 Å². The molecule has 0 aromatic rings. The van der Waals surface area contributed by atoms with Crippen molar-refractivity contribution in [3.8, 4) is 0 Å². The van der Waals surface area contributed by atoms with Crippen LogP contribution in [0.25, 0.3) is 0 Å². The lowest BCUT2D eigenvalue weighted by atomic mass is 10.0. The fraction of sp³-hybridized carbons (Fsp3) is 1.00. The van der Waals surface area contributed by atoms with E-state index >= 15 is 0 Å². The highest BCUT2D eigenvalue weighted by Crippen LogP contribution is 2.15. The van der Waals surface area contributed by atoms with Gasteiger partial charge < -0.3 is 15.2 Å². The van der Waals surface area contributed by atoms with Gasteiger partial charge in [0.2, 0.25) is 0 Å². The van der Waals surface area contributed by atoms with Crippen LogP contribution in [0.4, 0.5) is 0 Å². The van der Waals surface area contributed by atoms with Crippen LogP contribution >= 0.6 is 0 Å². The molecular weight excluding hydrogens is 394 g/mol. The Labute approximate surface area is 203 Å². The lowest BCUT2D eigenvalue weighted by molar-refractivity contribution is 0.0135. The van der Waals surface area contributed by atoms with Crippen LogP contribution in [0.3, 0.4) is 0 Å². The summed E-state index contributed by atoms with van der Waals surface area (Å²) in [4.78, 5) is 0. The molecule has 0 spiro atoms. The fourth-order valence-electron chi connectivity index (χ4n) is 4.34. The third kappa shape index (κ3) is 26.1. The average Bonchev–Trinajstić information content (AvgIpc) is 2.80. The largest absolute Gasteiger partial charge is 0.381 e. The van der Waals surface area contributed by atoms with Gasteiger partial charge in [0.15, 0.2) is 0 Å². The summed E-state index contributed by atoms with van der Waals surface area (Å²) in [7, 11) is 0. The van der Waals surface area contributed by atoms with E-state index in [0.29, 0.717) is 6.10 Å². The van der Waals surface area contributed by atoms with Crippen molar-refractivity contribution in [2.24, 2.45) is 5.73 Å². The first-order valence-corrected chi connectivity index (χ1v) is 14.7. The first-order chi connectivity index (χ1) is 15.8. The van der Waals surface area contributed by atoms with E-state index in [1.54, 1.807) is 0 Å². The standard InChI is InChI=1S/C29H61NO2/c1-3-5-7-9-11-13-15-17-19-21-27-32-29(24-28-31-26-22-25-30)23-20-18-16-14-12-10-8-6-4-2/h29H,3-28,30H2,1-2H3. The second-order valence-corrected chi connectivity index (χ2v) is 9.84. The van der Waals surface area contributed by atoms with Gasteiger partial charge in [0.1, 0.15) is 0 Å². The molecule has 2 N–H and O–H groups in total. The molecule has 3 nitrogen and oxygen atoms in total. The number of hydrogen-bond donors (Lipinski definition) is 1. The average molecular weight is 456 g/mol. The van der Waals surface area contributed by atoms with Crippen molar-refractivity contribution in [3.63, 3.8) is 0 Å². The number of ether oxygens (including phenoxy) is 2. The summed E-state index contributed by atoms with van der Waals surface area (Å²) >= 11 is 0. The summed E-state index contributed by atoms with van der Waals surface area (Å²) in [6.45, 7) is 7.84. The van der Waals surface area contributed by atoms with E-state index in [1.165, 1.54) is 128 Å². The molecular formula is C29H61NO2. The molecule has 194 valence electrons. The molecule has 0 rings (SSSR count). The minimum Gasteiger partial charge on any atom is -0.381 e.